The van der Waals surface area contributed by atoms with Gasteiger partial charge in [-0.1, -0.05) is 23.8 Å². The van der Waals surface area contributed by atoms with Gasteiger partial charge in [0.25, 0.3) is 0 Å². The molecule has 0 aliphatic carbocycles. The van der Waals surface area contributed by atoms with Gasteiger partial charge in [0.1, 0.15) is 0 Å². The Morgan fingerprint density at radius 3 is 2.94 bits per heavy atom. The summed E-state index contributed by atoms with van der Waals surface area (Å²) in [5.74, 6) is 0. The summed E-state index contributed by atoms with van der Waals surface area (Å²) in [5.41, 5.74) is 3.65. The Balaban J connectivity index is 2.32. The molecular weight excluding hydrogens is 236 g/mol. The molecule has 2 aromatic heterocycles. The first-order valence-electron chi connectivity index (χ1n) is 5.18. The van der Waals surface area contributed by atoms with E-state index in [4.69, 9.17) is 11.6 Å². The molecule has 0 saturated carbocycles. The number of benzene rings is 1. The fourth-order valence-electron chi connectivity index (χ4n) is 1.82. The first-order valence-corrected chi connectivity index (χ1v) is 5.55. The Bertz CT molecular complexity index is 690. The molecule has 0 radical (unpaired) electrons. The second-order valence-electron chi connectivity index (χ2n) is 3.84. The van der Waals surface area contributed by atoms with E-state index in [9.17, 15) is 0 Å². The number of fused-ring (bicyclic) bond motifs is 1. The first-order chi connectivity index (χ1) is 8.24. The van der Waals surface area contributed by atoms with Gasteiger partial charge in [-0.05, 0) is 24.6 Å². The summed E-state index contributed by atoms with van der Waals surface area (Å²) in [5, 5.41) is 7.86. The minimum atomic E-state index is 0.221. The predicted molar refractivity (Wildman–Crippen MR) is 66.9 cm³/mol. The second kappa shape index (κ2) is 3.82. The highest BCUT2D eigenvalue weighted by molar-refractivity contribution is 6.28. The number of H-pyrrole nitrogens is 1. The van der Waals surface area contributed by atoms with Crippen LogP contribution < -0.4 is 0 Å². The van der Waals surface area contributed by atoms with Crippen LogP contribution in [0.2, 0.25) is 5.28 Å². The molecule has 1 aromatic carbocycles. The molecule has 0 fully saturated rings. The summed E-state index contributed by atoms with van der Waals surface area (Å²) in [7, 11) is 0. The van der Waals surface area contributed by atoms with Crippen LogP contribution in [-0.2, 0) is 0 Å². The van der Waals surface area contributed by atoms with Gasteiger partial charge in [0, 0.05) is 5.56 Å². The van der Waals surface area contributed by atoms with Crippen molar-refractivity contribution in [3.05, 3.63) is 41.3 Å². The van der Waals surface area contributed by atoms with Gasteiger partial charge in [-0.3, -0.25) is 5.10 Å². The van der Waals surface area contributed by atoms with Gasteiger partial charge in [-0.2, -0.15) is 10.1 Å². The number of hydrogen-bond donors (Lipinski definition) is 1. The van der Waals surface area contributed by atoms with Crippen molar-refractivity contribution in [1.82, 2.24) is 20.2 Å². The largest absolute Gasteiger partial charge is 0.261 e. The number of aromatic nitrogens is 4. The molecule has 5 heteroatoms. The zero-order chi connectivity index (χ0) is 11.8. The lowest BCUT2D eigenvalue weighted by molar-refractivity contribution is 1.09. The van der Waals surface area contributed by atoms with Crippen LogP contribution in [0, 0.1) is 6.92 Å². The summed E-state index contributed by atoms with van der Waals surface area (Å²) in [4.78, 5) is 8.36. The normalized spacial score (nSPS) is 10.9. The SMILES string of the molecule is Cc1cccc(-c2nc(Cl)nc3[nH]ncc23)c1. The topological polar surface area (TPSA) is 54.5 Å². The maximum absolute atomic E-state index is 5.90. The van der Waals surface area contributed by atoms with Crippen LogP contribution >= 0.6 is 11.6 Å². The molecule has 0 atom stereocenters. The molecule has 0 bridgehead atoms. The van der Waals surface area contributed by atoms with Gasteiger partial charge >= 0.3 is 0 Å². The average Bonchev–Trinajstić information content (AvgIpc) is 2.75. The number of aromatic amines is 1. The monoisotopic (exact) mass is 244 g/mol. The van der Waals surface area contributed by atoms with Crippen molar-refractivity contribution >= 4 is 22.6 Å². The van der Waals surface area contributed by atoms with E-state index in [1.54, 1.807) is 6.20 Å². The highest BCUT2D eigenvalue weighted by Gasteiger charge is 2.10. The van der Waals surface area contributed by atoms with Crippen molar-refractivity contribution < 1.29 is 0 Å². The van der Waals surface area contributed by atoms with Crippen molar-refractivity contribution in [3.63, 3.8) is 0 Å². The smallest absolute Gasteiger partial charge is 0.224 e. The molecule has 0 saturated heterocycles. The number of nitrogens with zero attached hydrogens (tertiary/aromatic N) is 3. The predicted octanol–water partition coefficient (Wildman–Crippen LogP) is 2.98. The van der Waals surface area contributed by atoms with Crippen LogP contribution in [0.3, 0.4) is 0 Å². The summed E-state index contributed by atoms with van der Waals surface area (Å²) in [6, 6.07) is 8.09. The van der Waals surface area contributed by atoms with Gasteiger partial charge in [0.2, 0.25) is 5.28 Å². The molecule has 0 aliphatic rings. The van der Waals surface area contributed by atoms with Crippen LogP contribution in [0.4, 0.5) is 0 Å². The van der Waals surface area contributed by atoms with E-state index in [-0.39, 0.29) is 5.28 Å². The molecule has 4 nitrogen and oxygen atoms in total. The molecule has 0 unspecified atom stereocenters. The standard InChI is InChI=1S/C12H9ClN4/c1-7-3-2-4-8(5-7)10-9-6-14-17-11(9)16-12(13)15-10/h2-6H,1H3,(H,14,15,16,17). The summed E-state index contributed by atoms with van der Waals surface area (Å²) in [6.45, 7) is 2.04. The summed E-state index contributed by atoms with van der Waals surface area (Å²) in [6.07, 6.45) is 1.71. The van der Waals surface area contributed by atoms with Crippen LogP contribution in [-0.4, -0.2) is 20.2 Å². The molecule has 3 aromatic rings. The maximum Gasteiger partial charge on any atom is 0.224 e. The van der Waals surface area contributed by atoms with Crippen molar-refractivity contribution in [2.75, 3.05) is 0 Å². The molecule has 17 heavy (non-hydrogen) atoms. The van der Waals surface area contributed by atoms with Crippen molar-refractivity contribution in [3.8, 4) is 11.3 Å². The molecule has 0 spiro atoms. The quantitative estimate of drug-likeness (QED) is 0.670. The number of hydrogen-bond acceptors (Lipinski definition) is 3. The lowest BCUT2D eigenvalue weighted by atomic mass is 10.1. The van der Waals surface area contributed by atoms with Crippen molar-refractivity contribution in [1.29, 1.82) is 0 Å². The number of aryl methyl sites for hydroxylation is 1. The van der Waals surface area contributed by atoms with Gasteiger partial charge in [-0.25, -0.2) is 4.98 Å². The Labute approximate surface area is 103 Å². The number of halogens is 1. The van der Waals surface area contributed by atoms with Gasteiger partial charge < -0.3 is 0 Å². The summed E-state index contributed by atoms with van der Waals surface area (Å²) >= 11 is 5.90. The molecule has 1 N–H and O–H groups in total. The highest BCUT2D eigenvalue weighted by atomic mass is 35.5. The van der Waals surface area contributed by atoms with Crippen LogP contribution in [0.1, 0.15) is 5.56 Å². The third-order valence-electron chi connectivity index (χ3n) is 2.57. The third-order valence-corrected chi connectivity index (χ3v) is 2.74. The fraction of sp³-hybridized carbons (Fsp3) is 0.0833. The molecule has 3 rings (SSSR count). The van der Waals surface area contributed by atoms with E-state index >= 15 is 0 Å². The zero-order valence-electron chi connectivity index (χ0n) is 9.11. The van der Waals surface area contributed by atoms with E-state index in [1.165, 1.54) is 5.56 Å². The Morgan fingerprint density at radius 1 is 1.24 bits per heavy atom. The number of rotatable bonds is 1. The molecule has 84 valence electrons. The van der Waals surface area contributed by atoms with E-state index in [1.807, 2.05) is 25.1 Å². The zero-order valence-corrected chi connectivity index (χ0v) is 9.86. The van der Waals surface area contributed by atoms with Gasteiger partial charge in [-0.15, -0.1) is 0 Å². The Morgan fingerprint density at radius 2 is 2.12 bits per heavy atom. The molecule has 2 heterocycles. The number of nitrogens with one attached hydrogen (secondary N) is 1. The molecular formula is C12H9ClN4. The van der Waals surface area contributed by atoms with Crippen molar-refractivity contribution in [2.45, 2.75) is 6.92 Å². The minimum absolute atomic E-state index is 0.221. The molecule has 0 aliphatic heterocycles. The minimum Gasteiger partial charge on any atom is -0.261 e. The van der Waals surface area contributed by atoms with E-state index in [2.05, 4.69) is 26.2 Å². The Hall–Kier alpha value is -1.94. The summed E-state index contributed by atoms with van der Waals surface area (Å²) < 4.78 is 0. The third kappa shape index (κ3) is 1.76. The van der Waals surface area contributed by atoms with Gasteiger partial charge in [0.15, 0.2) is 5.65 Å². The molecule has 0 amide bonds. The first kappa shape index (κ1) is 10.2. The second-order valence-corrected chi connectivity index (χ2v) is 4.18. The maximum atomic E-state index is 5.90. The lowest BCUT2D eigenvalue weighted by Gasteiger charge is -2.03. The van der Waals surface area contributed by atoms with Crippen molar-refractivity contribution in [2.24, 2.45) is 0 Å². The van der Waals surface area contributed by atoms with Crippen LogP contribution in [0.5, 0.6) is 0 Å². The van der Waals surface area contributed by atoms with Gasteiger partial charge in [0.05, 0.1) is 17.3 Å². The highest BCUT2D eigenvalue weighted by Crippen LogP contribution is 2.26. The average molecular weight is 245 g/mol. The van der Waals surface area contributed by atoms with Crippen LogP contribution in [0.15, 0.2) is 30.5 Å². The van der Waals surface area contributed by atoms with Crippen LogP contribution in [0.25, 0.3) is 22.3 Å². The lowest BCUT2D eigenvalue weighted by Crippen LogP contribution is -1.90. The van der Waals surface area contributed by atoms with E-state index in [0.29, 0.717) is 5.65 Å². The van der Waals surface area contributed by atoms with E-state index < -0.39 is 0 Å². The fourth-order valence-corrected chi connectivity index (χ4v) is 1.99. The Kier molecular flexibility index (Phi) is 2.30. The van der Waals surface area contributed by atoms with E-state index in [0.717, 1.165) is 16.6 Å².